The SMILES string of the molecule is Cc1ccc(C)c(N2C(=O)NC(=O)/C(=C\c3cc(Cl)ccc3OCc3cccc(F)c3)C2=O)c1. The molecule has 0 radical (unpaired) electrons. The van der Waals surface area contributed by atoms with Gasteiger partial charge in [0.2, 0.25) is 0 Å². The summed E-state index contributed by atoms with van der Waals surface area (Å²) in [4.78, 5) is 39.4. The van der Waals surface area contributed by atoms with Gasteiger partial charge in [-0.3, -0.25) is 14.9 Å². The van der Waals surface area contributed by atoms with Crippen LogP contribution in [0.1, 0.15) is 22.3 Å². The van der Waals surface area contributed by atoms with E-state index in [4.69, 9.17) is 16.3 Å². The molecule has 0 aliphatic carbocycles. The molecule has 3 aromatic rings. The highest BCUT2D eigenvalue weighted by molar-refractivity contribution is 6.39. The number of barbiturate groups is 1. The second-order valence-corrected chi connectivity index (χ2v) is 8.28. The van der Waals surface area contributed by atoms with E-state index in [1.165, 1.54) is 24.3 Å². The molecule has 172 valence electrons. The van der Waals surface area contributed by atoms with Crippen LogP contribution in [0.15, 0.2) is 66.2 Å². The van der Waals surface area contributed by atoms with Gasteiger partial charge in [0.1, 0.15) is 23.7 Å². The van der Waals surface area contributed by atoms with Crippen molar-refractivity contribution in [1.29, 1.82) is 0 Å². The standard InChI is InChI=1S/C26H20ClFN2O4/c1-15-6-7-16(2)22(10-15)30-25(32)21(24(31)29-26(30)33)13-18-12-19(27)8-9-23(18)34-14-17-4-3-5-20(28)11-17/h3-13H,14H2,1-2H3,(H,29,31,33)/b21-13+. The van der Waals surface area contributed by atoms with Crippen molar-refractivity contribution in [2.45, 2.75) is 20.5 Å². The molecule has 0 atom stereocenters. The van der Waals surface area contributed by atoms with Crippen molar-refractivity contribution < 1.29 is 23.5 Å². The molecule has 0 aromatic heterocycles. The van der Waals surface area contributed by atoms with Crippen LogP contribution in [0.3, 0.4) is 0 Å². The molecule has 0 unspecified atom stereocenters. The lowest BCUT2D eigenvalue weighted by molar-refractivity contribution is -0.122. The number of halogens is 2. The summed E-state index contributed by atoms with van der Waals surface area (Å²) in [5, 5.41) is 2.57. The van der Waals surface area contributed by atoms with E-state index in [1.807, 2.05) is 13.0 Å². The Morgan fingerprint density at radius 2 is 1.82 bits per heavy atom. The Morgan fingerprint density at radius 3 is 2.59 bits per heavy atom. The molecular weight excluding hydrogens is 459 g/mol. The second-order valence-electron chi connectivity index (χ2n) is 7.85. The molecule has 1 fully saturated rings. The van der Waals surface area contributed by atoms with Crippen LogP contribution < -0.4 is 15.0 Å². The molecule has 34 heavy (non-hydrogen) atoms. The highest BCUT2D eigenvalue weighted by Crippen LogP contribution is 2.30. The predicted molar refractivity (Wildman–Crippen MR) is 127 cm³/mol. The van der Waals surface area contributed by atoms with Crippen molar-refractivity contribution in [1.82, 2.24) is 5.32 Å². The van der Waals surface area contributed by atoms with Gasteiger partial charge in [0.25, 0.3) is 11.8 Å². The van der Waals surface area contributed by atoms with E-state index in [-0.39, 0.29) is 18.0 Å². The number of imide groups is 2. The number of rotatable bonds is 5. The maximum atomic E-state index is 13.5. The van der Waals surface area contributed by atoms with Gasteiger partial charge in [-0.2, -0.15) is 0 Å². The molecule has 1 saturated heterocycles. The molecule has 0 bridgehead atoms. The number of aryl methyl sites for hydroxylation is 2. The third-order valence-corrected chi connectivity index (χ3v) is 5.50. The van der Waals surface area contributed by atoms with Crippen molar-refractivity contribution in [2.24, 2.45) is 0 Å². The van der Waals surface area contributed by atoms with Gasteiger partial charge in [-0.15, -0.1) is 0 Å². The summed E-state index contributed by atoms with van der Waals surface area (Å²) >= 11 is 6.15. The number of hydrogen-bond acceptors (Lipinski definition) is 4. The molecule has 4 amide bonds. The monoisotopic (exact) mass is 478 g/mol. The fourth-order valence-electron chi connectivity index (χ4n) is 3.54. The number of benzene rings is 3. The first kappa shape index (κ1) is 23.2. The second kappa shape index (κ2) is 9.49. The lowest BCUT2D eigenvalue weighted by Gasteiger charge is -2.28. The van der Waals surface area contributed by atoms with Gasteiger partial charge in [-0.1, -0.05) is 35.9 Å². The number of urea groups is 1. The quantitative estimate of drug-likeness (QED) is 0.396. The maximum Gasteiger partial charge on any atom is 0.335 e. The van der Waals surface area contributed by atoms with Crippen molar-refractivity contribution in [3.63, 3.8) is 0 Å². The van der Waals surface area contributed by atoms with Crippen LogP contribution in [-0.4, -0.2) is 17.8 Å². The fraction of sp³-hybridized carbons (Fsp3) is 0.115. The number of nitrogens with one attached hydrogen (secondary N) is 1. The lowest BCUT2D eigenvalue weighted by Crippen LogP contribution is -2.54. The van der Waals surface area contributed by atoms with E-state index in [0.29, 0.717) is 33.1 Å². The number of carbonyl (C=O) groups excluding carboxylic acids is 3. The average molecular weight is 479 g/mol. The van der Waals surface area contributed by atoms with Crippen molar-refractivity contribution in [3.05, 3.63) is 99.3 Å². The van der Waals surface area contributed by atoms with E-state index in [9.17, 15) is 18.8 Å². The van der Waals surface area contributed by atoms with E-state index in [1.54, 1.807) is 43.3 Å². The molecule has 1 N–H and O–H groups in total. The van der Waals surface area contributed by atoms with Gasteiger partial charge in [0, 0.05) is 10.6 Å². The minimum absolute atomic E-state index is 0.0583. The minimum Gasteiger partial charge on any atom is -0.488 e. The molecule has 1 aliphatic rings. The summed E-state index contributed by atoms with van der Waals surface area (Å²) in [6.07, 6.45) is 1.33. The minimum atomic E-state index is -0.826. The molecule has 0 saturated carbocycles. The Labute approximate surface area is 200 Å². The molecule has 6 nitrogen and oxygen atoms in total. The van der Waals surface area contributed by atoms with E-state index in [2.05, 4.69) is 5.32 Å². The summed E-state index contributed by atoms with van der Waals surface area (Å²) < 4.78 is 19.3. The zero-order valence-electron chi connectivity index (χ0n) is 18.4. The van der Waals surface area contributed by atoms with Gasteiger partial charge >= 0.3 is 6.03 Å². The molecule has 4 rings (SSSR count). The Morgan fingerprint density at radius 1 is 1.03 bits per heavy atom. The number of amides is 4. The average Bonchev–Trinajstić information content (AvgIpc) is 2.78. The zero-order chi connectivity index (χ0) is 24.4. The Bertz CT molecular complexity index is 1350. The summed E-state index contributed by atoms with van der Waals surface area (Å²) in [6, 6.07) is 15.2. The first-order valence-corrected chi connectivity index (χ1v) is 10.8. The summed E-state index contributed by atoms with van der Waals surface area (Å²) in [5.41, 5.74) is 2.65. The van der Waals surface area contributed by atoms with Crippen molar-refractivity contribution >= 4 is 41.2 Å². The summed E-state index contributed by atoms with van der Waals surface area (Å²) in [7, 11) is 0. The normalized spacial score (nSPS) is 15.0. The third kappa shape index (κ3) is 4.84. The molecule has 1 aliphatic heterocycles. The first-order chi connectivity index (χ1) is 16.2. The van der Waals surface area contributed by atoms with Crippen LogP contribution in [0, 0.1) is 19.7 Å². The topological polar surface area (TPSA) is 75.7 Å². The third-order valence-electron chi connectivity index (χ3n) is 5.26. The summed E-state index contributed by atoms with van der Waals surface area (Å²) in [5.74, 6) is -1.65. The van der Waals surface area contributed by atoms with Crippen LogP contribution >= 0.6 is 11.6 Å². The number of ether oxygens (including phenoxy) is 1. The van der Waals surface area contributed by atoms with Gasteiger partial charge in [0.15, 0.2) is 0 Å². The summed E-state index contributed by atoms with van der Waals surface area (Å²) in [6.45, 7) is 3.67. The molecule has 8 heteroatoms. The van der Waals surface area contributed by atoms with Crippen molar-refractivity contribution in [2.75, 3.05) is 4.90 Å². The van der Waals surface area contributed by atoms with Gasteiger partial charge in [-0.25, -0.2) is 14.1 Å². The maximum absolute atomic E-state index is 13.5. The van der Waals surface area contributed by atoms with Crippen LogP contribution in [0.25, 0.3) is 6.08 Å². The number of anilines is 1. The fourth-order valence-corrected chi connectivity index (χ4v) is 3.72. The number of nitrogens with zero attached hydrogens (tertiary/aromatic N) is 1. The Kier molecular flexibility index (Phi) is 6.47. The largest absolute Gasteiger partial charge is 0.488 e. The van der Waals surface area contributed by atoms with Gasteiger partial charge in [0.05, 0.1) is 5.69 Å². The van der Waals surface area contributed by atoms with E-state index in [0.717, 1.165) is 10.5 Å². The van der Waals surface area contributed by atoms with Crippen molar-refractivity contribution in [3.8, 4) is 5.75 Å². The Hall–Kier alpha value is -3.97. The first-order valence-electron chi connectivity index (χ1n) is 10.4. The van der Waals surface area contributed by atoms with E-state index >= 15 is 0 Å². The van der Waals surface area contributed by atoms with Crippen LogP contribution in [0.5, 0.6) is 5.75 Å². The van der Waals surface area contributed by atoms with Crippen LogP contribution in [0.2, 0.25) is 5.02 Å². The molecule has 0 spiro atoms. The Balaban J connectivity index is 1.70. The smallest absolute Gasteiger partial charge is 0.335 e. The van der Waals surface area contributed by atoms with E-state index < -0.39 is 17.8 Å². The highest BCUT2D eigenvalue weighted by Gasteiger charge is 2.37. The zero-order valence-corrected chi connectivity index (χ0v) is 19.2. The van der Waals surface area contributed by atoms with Crippen LogP contribution in [-0.2, 0) is 16.2 Å². The number of hydrogen-bond donors (Lipinski definition) is 1. The lowest BCUT2D eigenvalue weighted by atomic mass is 10.0. The predicted octanol–water partition coefficient (Wildman–Crippen LogP) is 5.34. The number of carbonyl (C=O) groups is 3. The van der Waals surface area contributed by atoms with Gasteiger partial charge in [-0.05, 0) is 73.0 Å². The molecular formula is C26H20ClFN2O4. The highest BCUT2D eigenvalue weighted by atomic mass is 35.5. The molecule has 1 heterocycles. The van der Waals surface area contributed by atoms with Gasteiger partial charge < -0.3 is 4.74 Å². The molecule has 3 aromatic carbocycles. The van der Waals surface area contributed by atoms with Crippen LogP contribution in [0.4, 0.5) is 14.9 Å².